The number of guanidine groups is 1. The number of aliphatic imine (C=N–C) groups is 1. The molecule has 5 nitrogen and oxygen atoms in total. The van der Waals surface area contributed by atoms with Crippen LogP contribution < -0.4 is 5.32 Å². The Hall–Kier alpha value is 0.270. The average molecular weight is 431 g/mol. The van der Waals surface area contributed by atoms with Gasteiger partial charge in [0.1, 0.15) is 0 Å². The van der Waals surface area contributed by atoms with Crippen LogP contribution in [0.2, 0.25) is 0 Å². The van der Waals surface area contributed by atoms with Crippen molar-refractivity contribution in [1.82, 2.24) is 10.2 Å². The first-order valence-corrected chi connectivity index (χ1v) is 8.37. The first-order chi connectivity index (χ1) is 9.69. The molecule has 0 radical (unpaired) electrons. The Kier molecular flexibility index (Phi) is 12.9. The summed E-state index contributed by atoms with van der Waals surface area (Å²) in [5.41, 5.74) is 0. The Bertz CT molecular complexity index is 293. The molecule has 0 saturated carbocycles. The SMILES string of the molecule is CN=C(NCCOCCOC)N1CCSC(C(C)C)C1.I. The maximum absolute atomic E-state index is 5.45. The molecule has 0 aromatic heterocycles. The molecule has 0 amide bonds. The minimum atomic E-state index is 0. The van der Waals surface area contributed by atoms with Crippen LogP contribution in [0.3, 0.4) is 0 Å². The topological polar surface area (TPSA) is 46.1 Å². The lowest BCUT2D eigenvalue weighted by atomic mass is 10.1. The van der Waals surface area contributed by atoms with E-state index in [1.807, 2.05) is 7.05 Å². The number of nitrogens with one attached hydrogen (secondary N) is 1. The summed E-state index contributed by atoms with van der Waals surface area (Å²) in [4.78, 5) is 6.74. The average Bonchev–Trinajstić information content (AvgIpc) is 2.46. The smallest absolute Gasteiger partial charge is 0.193 e. The highest BCUT2D eigenvalue weighted by Gasteiger charge is 2.24. The summed E-state index contributed by atoms with van der Waals surface area (Å²) in [5.74, 6) is 2.87. The van der Waals surface area contributed by atoms with Crippen LogP contribution in [0.15, 0.2) is 4.99 Å². The molecule has 0 aromatic carbocycles. The summed E-state index contributed by atoms with van der Waals surface area (Å²) in [6.45, 7) is 9.48. The van der Waals surface area contributed by atoms with Gasteiger partial charge in [-0.2, -0.15) is 11.8 Å². The van der Waals surface area contributed by atoms with Crippen LogP contribution in [0.4, 0.5) is 0 Å². The van der Waals surface area contributed by atoms with E-state index in [2.05, 4.69) is 40.8 Å². The lowest BCUT2D eigenvalue weighted by Gasteiger charge is -2.36. The van der Waals surface area contributed by atoms with Gasteiger partial charge in [0.2, 0.25) is 0 Å². The van der Waals surface area contributed by atoms with Gasteiger partial charge in [0.05, 0.1) is 19.8 Å². The summed E-state index contributed by atoms with van der Waals surface area (Å²) in [6.07, 6.45) is 0. The second-order valence-electron chi connectivity index (χ2n) is 5.18. The lowest BCUT2D eigenvalue weighted by molar-refractivity contribution is 0.0731. The van der Waals surface area contributed by atoms with Gasteiger partial charge < -0.3 is 19.7 Å². The minimum Gasteiger partial charge on any atom is -0.382 e. The standard InChI is InChI=1S/C14H29N3O2S.HI/c1-12(2)13-11-17(6-10-20-13)14(15-3)16-5-7-19-9-8-18-4;/h12-13H,5-11H2,1-4H3,(H,15,16);1H. The van der Waals surface area contributed by atoms with Crippen LogP contribution >= 0.6 is 35.7 Å². The molecule has 126 valence electrons. The maximum atomic E-state index is 5.45. The van der Waals surface area contributed by atoms with E-state index in [0.717, 1.165) is 25.6 Å². The van der Waals surface area contributed by atoms with Crippen molar-refractivity contribution in [3.63, 3.8) is 0 Å². The number of thioether (sulfide) groups is 1. The van der Waals surface area contributed by atoms with E-state index in [1.54, 1.807) is 7.11 Å². The van der Waals surface area contributed by atoms with Gasteiger partial charge in [-0.05, 0) is 5.92 Å². The van der Waals surface area contributed by atoms with Gasteiger partial charge in [-0.15, -0.1) is 24.0 Å². The first kappa shape index (κ1) is 21.3. The van der Waals surface area contributed by atoms with Crippen molar-refractivity contribution in [2.45, 2.75) is 19.1 Å². The van der Waals surface area contributed by atoms with Crippen molar-refractivity contribution >= 4 is 41.7 Å². The second-order valence-corrected chi connectivity index (χ2v) is 6.53. The van der Waals surface area contributed by atoms with Crippen molar-refractivity contribution in [2.24, 2.45) is 10.9 Å². The highest BCUT2D eigenvalue weighted by molar-refractivity contribution is 14.0. The zero-order valence-corrected chi connectivity index (χ0v) is 16.8. The Balaban J connectivity index is 0.00000400. The van der Waals surface area contributed by atoms with Gasteiger partial charge in [-0.3, -0.25) is 4.99 Å². The Labute approximate surface area is 150 Å². The molecule has 21 heavy (non-hydrogen) atoms. The molecule has 1 N–H and O–H groups in total. The Morgan fingerprint density at radius 1 is 1.38 bits per heavy atom. The highest BCUT2D eigenvalue weighted by Crippen LogP contribution is 2.24. The molecule has 1 fully saturated rings. The number of hydrogen-bond acceptors (Lipinski definition) is 4. The molecular formula is C14H30IN3O2S. The monoisotopic (exact) mass is 431 g/mol. The van der Waals surface area contributed by atoms with Crippen LogP contribution in [0.1, 0.15) is 13.8 Å². The van der Waals surface area contributed by atoms with Crippen molar-refractivity contribution in [3.05, 3.63) is 0 Å². The van der Waals surface area contributed by atoms with Crippen molar-refractivity contribution in [3.8, 4) is 0 Å². The zero-order valence-electron chi connectivity index (χ0n) is 13.6. The fraction of sp³-hybridized carbons (Fsp3) is 0.929. The normalized spacial score (nSPS) is 19.6. The fourth-order valence-electron chi connectivity index (χ4n) is 2.08. The van der Waals surface area contributed by atoms with Gasteiger partial charge >= 0.3 is 0 Å². The highest BCUT2D eigenvalue weighted by atomic mass is 127. The van der Waals surface area contributed by atoms with Crippen LogP contribution in [0.25, 0.3) is 0 Å². The third-order valence-electron chi connectivity index (χ3n) is 3.31. The molecule has 1 saturated heterocycles. The molecule has 1 rings (SSSR count). The molecule has 0 aromatic rings. The summed E-state index contributed by atoms with van der Waals surface area (Å²) in [6, 6.07) is 0. The largest absolute Gasteiger partial charge is 0.382 e. The van der Waals surface area contributed by atoms with Crippen molar-refractivity contribution in [1.29, 1.82) is 0 Å². The van der Waals surface area contributed by atoms with Crippen LogP contribution in [-0.4, -0.2) is 75.5 Å². The van der Waals surface area contributed by atoms with Gasteiger partial charge in [0.25, 0.3) is 0 Å². The van der Waals surface area contributed by atoms with E-state index in [1.165, 1.54) is 5.75 Å². The number of ether oxygens (including phenoxy) is 2. The van der Waals surface area contributed by atoms with Crippen molar-refractivity contribution < 1.29 is 9.47 Å². The van der Waals surface area contributed by atoms with E-state index < -0.39 is 0 Å². The third kappa shape index (κ3) is 8.47. The molecular weight excluding hydrogens is 401 g/mol. The maximum Gasteiger partial charge on any atom is 0.193 e. The number of hydrogen-bond donors (Lipinski definition) is 1. The molecule has 1 atom stereocenters. The van der Waals surface area contributed by atoms with E-state index in [-0.39, 0.29) is 24.0 Å². The first-order valence-electron chi connectivity index (χ1n) is 7.33. The van der Waals surface area contributed by atoms with E-state index in [0.29, 0.717) is 31.0 Å². The molecule has 1 aliphatic heterocycles. The summed E-state index contributed by atoms with van der Waals surface area (Å²) >= 11 is 2.08. The Morgan fingerprint density at radius 2 is 2.14 bits per heavy atom. The summed E-state index contributed by atoms with van der Waals surface area (Å²) < 4.78 is 10.4. The minimum absolute atomic E-state index is 0. The third-order valence-corrected chi connectivity index (χ3v) is 4.85. The quantitative estimate of drug-likeness (QED) is 0.289. The van der Waals surface area contributed by atoms with Gasteiger partial charge in [-0.25, -0.2) is 0 Å². The van der Waals surface area contributed by atoms with Crippen molar-refractivity contribution in [2.75, 3.05) is 59.4 Å². The number of halogens is 1. The predicted octanol–water partition coefficient (Wildman–Crippen LogP) is 1.92. The number of methoxy groups -OCH3 is 1. The number of nitrogens with zero attached hydrogens (tertiary/aromatic N) is 2. The molecule has 0 aliphatic carbocycles. The summed E-state index contributed by atoms with van der Waals surface area (Å²) in [7, 11) is 3.53. The molecule has 0 bridgehead atoms. The Morgan fingerprint density at radius 3 is 2.76 bits per heavy atom. The molecule has 1 aliphatic rings. The molecule has 1 unspecified atom stereocenters. The van der Waals surface area contributed by atoms with E-state index in [9.17, 15) is 0 Å². The summed E-state index contributed by atoms with van der Waals surface area (Å²) in [5, 5.41) is 4.07. The van der Waals surface area contributed by atoms with E-state index in [4.69, 9.17) is 9.47 Å². The number of rotatable bonds is 7. The fourth-order valence-corrected chi connectivity index (χ4v) is 3.38. The van der Waals surface area contributed by atoms with Crippen LogP contribution in [0.5, 0.6) is 0 Å². The van der Waals surface area contributed by atoms with Gasteiger partial charge in [0.15, 0.2) is 5.96 Å². The second kappa shape index (κ2) is 12.8. The zero-order chi connectivity index (χ0) is 14.8. The molecule has 1 heterocycles. The molecule has 7 heteroatoms. The van der Waals surface area contributed by atoms with E-state index >= 15 is 0 Å². The van der Waals surface area contributed by atoms with Crippen LogP contribution in [0, 0.1) is 5.92 Å². The van der Waals surface area contributed by atoms with Crippen LogP contribution in [-0.2, 0) is 9.47 Å². The lowest BCUT2D eigenvalue weighted by Crippen LogP contribution is -2.49. The van der Waals surface area contributed by atoms with Gasteiger partial charge in [-0.1, -0.05) is 13.8 Å². The predicted molar refractivity (Wildman–Crippen MR) is 102 cm³/mol. The molecule has 0 spiro atoms. The van der Waals surface area contributed by atoms with Gasteiger partial charge in [0, 0.05) is 44.8 Å².